The lowest BCUT2D eigenvalue weighted by Gasteiger charge is -2.23. The molecule has 0 atom stereocenters. The van der Waals surface area contributed by atoms with Crippen molar-refractivity contribution >= 4 is 21.8 Å². The molecule has 0 N–H and O–H groups in total. The van der Waals surface area contributed by atoms with Crippen LogP contribution in [0.4, 0.5) is 0 Å². The van der Waals surface area contributed by atoms with E-state index in [1.165, 1.54) is 44.1 Å². The second-order valence-electron chi connectivity index (χ2n) is 9.48. The smallest absolute Gasteiger partial charge is 0.116 e. The van der Waals surface area contributed by atoms with Crippen LogP contribution < -0.4 is 0 Å². The molecule has 0 unspecified atom stereocenters. The third-order valence-electron chi connectivity index (χ3n) is 7.53. The summed E-state index contributed by atoms with van der Waals surface area (Å²) in [5, 5.41) is 2.53. The van der Waals surface area contributed by atoms with Crippen LogP contribution in [-0.4, -0.2) is 14.5 Å². The Bertz CT molecular complexity index is 1940. The second kappa shape index (κ2) is 7.74. The van der Waals surface area contributed by atoms with Gasteiger partial charge in [-0.1, -0.05) is 91.0 Å². The van der Waals surface area contributed by atoms with Gasteiger partial charge in [0, 0.05) is 33.8 Å². The van der Waals surface area contributed by atoms with E-state index in [1.54, 1.807) is 6.33 Å². The van der Waals surface area contributed by atoms with Crippen LogP contribution in [0, 0.1) is 0 Å². The Morgan fingerprint density at radius 2 is 1.00 bits per heavy atom. The van der Waals surface area contributed by atoms with Crippen molar-refractivity contribution < 1.29 is 0 Å². The Morgan fingerprint density at radius 1 is 0.459 bits per heavy atom. The molecule has 0 saturated heterocycles. The number of aromatic nitrogens is 3. The van der Waals surface area contributed by atoms with E-state index >= 15 is 0 Å². The zero-order valence-corrected chi connectivity index (χ0v) is 20.0. The van der Waals surface area contributed by atoms with Gasteiger partial charge in [0.25, 0.3) is 0 Å². The van der Waals surface area contributed by atoms with Crippen molar-refractivity contribution in [2.24, 2.45) is 0 Å². The van der Waals surface area contributed by atoms with Gasteiger partial charge in [-0.3, -0.25) is 0 Å². The molecular formula is C34H21N3. The first-order valence-corrected chi connectivity index (χ1v) is 12.5. The summed E-state index contributed by atoms with van der Waals surface area (Å²) in [5.74, 6) is 0. The highest BCUT2D eigenvalue weighted by atomic mass is 15.0. The van der Waals surface area contributed by atoms with Crippen LogP contribution in [0.25, 0.3) is 72.1 Å². The van der Waals surface area contributed by atoms with Crippen LogP contribution in [0.5, 0.6) is 0 Å². The van der Waals surface area contributed by atoms with Gasteiger partial charge >= 0.3 is 0 Å². The van der Waals surface area contributed by atoms with Gasteiger partial charge in [-0.15, -0.1) is 0 Å². The number of benzene rings is 5. The number of rotatable bonds is 1. The summed E-state index contributed by atoms with van der Waals surface area (Å²) in [6.07, 6.45) is 3.59. The van der Waals surface area contributed by atoms with E-state index in [0.29, 0.717) is 0 Å². The summed E-state index contributed by atoms with van der Waals surface area (Å²) in [6.45, 7) is 0. The van der Waals surface area contributed by atoms with Crippen molar-refractivity contribution in [1.29, 1.82) is 0 Å². The fraction of sp³-hybridized carbons (Fsp3) is 0. The summed E-state index contributed by atoms with van der Waals surface area (Å²) in [5.41, 5.74) is 12.6. The normalized spacial score (nSPS) is 11.8. The van der Waals surface area contributed by atoms with E-state index in [4.69, 9.17) is 4.98 Å². The minimum atomic E-state index is 0.964. The molecule has 37 heavy (non-hydrogen) atoms. The molecule has 0 saturated carbocycles. The van der Waals surface area contributed by atoms with Gasteiger partial charge in [0.1, 0.15) is 6.33 Å². The van der Waals surface area contributed by atoms with E-state index in [2.05, 4.69) is 125 Å². The number of hydrogen-bond donors (Lipinski definition) is 0. The molecule has 0 fully saturated rings. The van der Waals surface area contributed by atoms with Crippen LogP contribution >= 0.6 is 0 Å². The molecular weight excluding hydrogens is 450 g/mol. The lowest BCUT2D eigenvalue weighted by Crippen LogP contribution is -2.01. The molecule has 2 heterocycles. The van der Waals surface area contributed by atoms with Crippen molar-refractivity contribution in [3.63, 3.8) is 0 Å². The van der Waals surface area contributed by atoms with Gasteiger partial charge in [-0.05, 0) is 52.1 Å². The highest BCUT2D eigenvalue weighted by molar-refractivity contribution is 6.09. The molecule has 7 aromatic rings. The molecule has 8 rings (SSSR count). The summed E-state index contributed by atoms with van der Waals surface area (Å²) < 4.78 is 2.38. The Hall–Kier alpha value is -5.02. The fourth-order valence-electron chi connectivity index (χ4n) is 5.95. The summed E-state index contributed by atoms with van der Waals surface area (Å²) >= 11 is 0. The van der Waals surface area contributed by atoms with Gasteiger partial charge in [-0.25, -0.2) is 9.97 Å². The zero-order chi connectivity index (χ0) is 24.3. The minimum absolute atomic E-state index is 0.964. The zero-order valence-electron chi connectivity index (χ0n) is 20.0. The van der Waals surface area contributed by atoms with E-state index in [1.807, 2.05) is 6.20 Å². The average molecular weight is 472 g/mol. The van der Waals surface area contributed by atoms with Gasteiger partial charge in [0.15, 0.2) is 0 Å². The molecule has 3 heteroatoms. The fourth-order valence-corrected chi connectivity index (χ4v) is 5.95. The van der Waals surface area contributed by atoms with Gasteiger partial charge in [0.2, 0.25) is 0 Å². The van der Waals surface area contributed by atoms with E-state index in [9.17, 15) is 0 Å². The summed E-state index contributed by atoms with van der Waals surface area (Å²) in [6, 6.07) is 41.4. The maximum Gasteiger partial charge on any atom is 0.116 e. The highest BCUT2D eigenvalue weighted by Gasteiger charge is 2.23. The monoisotopic (exact) mass is 471 g/mol. The highest BCUT2D eigenvalue weighted by Crippen LogP contribution is 2.47. The van der Waals surface area contributed by atoms with Crippen molar-refractivity contribution in [1.82, 2.24) is 14.5 Å². The molecule has 3 nitrogen and oxygen atoms in total. The van der Waals surface area contributed by atoms with E-state index in [-0.39, 0.29) is 0 Å². The minimum Gasteiger partial charge on any atom is -0.309 e. The standard InChI is InChI=1S/C34H21N3/c1-2-10-24-23(9-1)26-18-17-22(37-32-15-7-5-12-27(32)28-13-6-8-16-33(28)37)19-30(26)25-11-3-4-14-29(25)34-31(24)20-35-21-36-34/h1-21H. The van der Waals surface area contributed by atoms with Crippen molar-refractivity contribution in [2.75, 3.05) is 0 Å². The molecule has 1 aliphatic carbocycles. The van der Waals surface area contributed by atoms with Gasteiger partial charge < -0.3 is 4.57 Å². The molecule has 1 aliphatic rings. The quantitative estimate of drug-likeness (QED) is 0.240. The van der Waals surface area contributed by atoms with Crippen molar-refractivity contribution in [3.8, 4) is 50.3 Å². The molecule has 0 spiro atoms. The molecule has 0 bridgehead atoms. The van der Waals surface area contributed by atoms with Crippen molar-refractivity contribution in [3.05, 3.63) is 128 Å². The van der Waals surface area contributed by atoms with E-state index in [0.717, 1.165) is 28.1 Å². The first-order chi connectivity index (χ1) is 18.4. The predicted octanol–water partition coefficient (Wildman–Crippen LogP) is 8.56. The van der Waals surface area contributed by atoms with Crippen LogP contribution in [0.3, 0.4) is 0 Å². The first-order valence-electron chi connectivity index (χ1n) is 12.5. The Kier molecular flexibility index (Phi) is 4.23. The summed E-state index contributed by atoms with van der Waals surface area (Å²) in [4.78, 5) is 9.16. The maximum atomic E-state index is 4.77. The second-order valence-corrected chi connectivity index (χ2v) is 9.48. The SMILES string of the molecule is c1ccc2c(c1)-c1ccc(-n3c4ccccc4c4ccccc43)cc1-c1ccccc1-c1ncncc1-2. The molecule has 0 radical (unpaired) electrons. The van der Waals surface area contributed by atoms with Gasteiger partial charge in [0.05, 0.1) is 16.7 Å². The van der Waals surface area contributed by atoms with E-state index < -0.39 is 0 Å². The van der Waals surface area contributed by atoms with Crippen LogP contribution in [0.2, 0.25) is 0 Å². The first kappa shape index (κ1) is 20.2. The van der Waals surface area contributed by atoms with Crippen LogP contribution in [-0.2, 0) is 0 Å². The number of para-hydroxylation sites is 2. The third-order valence-corrected chi connectivity index (χ3v) is 7.53. The average Bonchev–Trinajstić information content (AvgIpc) is 3.31. The number of fused-ring (bicyclic) bond motifs is 11. The van der Waals surface area contributed by atoms with Gasteiger partial charge in [-0.2, -0.15) is 0 Å². The Labute approximate surface area is 214 Å². The topological polar surface area (TPSA) is 30.7 Å². The Balaban J connectivity index is 1.49. The molecule has 5 aromatic carbocycles. The van der Waals surface area contributed by atoms with Crippen LogP contribution in [0.15, 0.2) is 128 Å². The molecule has 172 valence electrons. The number of nitrogens with zero attached hydrogens (tertiary/aromatic N) is 3. The summed E-state index contributed by atoms with van der Waals surface area (Å²) in [7, 11) is 0. The molecule has 2 aromatic heterocycles. The number of hydrogen-bond acceptors (Lipinski definition) is 2. The Morgan fingerprint density at radius 3 is 1.70 bits per heavy atom. The third kappa shape index (κ3) is 2.88. The maximum absolute atomic E-state index is 4.77. The largest absolute Gasteiger partial charge is 0.309 e. The van der Waals surface area contributed by atoms with Crippen molar-refractivity contribution in [2.45, 2.75) is 0 Å². The lowest BCUT2D eigenvalue weighted by atomic mass is 9.83. The molecule has 0 aliphatic heterocycles. The van der Waals surface area contributed by atoms with Crippen LogP contribution in [0.1, 0.15) is 0 Å². The lowest BCUT2D eigenvalue weighted by molar-refractivity contribution is 1.17. The molecule has 0 amide bonds. The predicted molar refractivity (Wildman–Crippen MR) is 152 cm³/mol.